The number of amides is 1. The van der Waals surface area contributed by atoms with Crippen molar-refractivity contribution in [2.75, 3.05) is 23.3 Å². The van der Waals surface area contributed by atoms with Crippen LogP contribution in [0.2, 0.25) is 5.02 Å². The molecule has 2 N–H and O–H groups in total. The highest BCUT2D eigenvalue weighted by Gasteiger charge is 2.19. The molecule has 176 valence electrons. The van der Waals surface area contributed by atoms with Crippen LogP contribution in [-0.4, -0.2) is 29.0 Å². The second-order valence-corrected chi connectivity index (χ2v) is 9.03. The fourth-order valence-electron chi connectivity index (χ4n) is 3.81. The Morgan fingerprint density at radius 3 is 2.65 bits per heavy atom. The Labute approximate surface area is 207 Å². The summed E-state index contributed by atoms with van der Waals surface area (Å²) < 4.78 is 5.58. The maximum absolute atomic E-state index is 12.5. The topological polar surface area (TPSA) is 101 Å². The average molecular weight is 499 g/mol. The maximum Gasteiger partial charge on any atom is 0.293 e. The molecule has 0 atom stereocenters. The van der Waals surface area contributed by atoms with Gasteiger partial charge in [-0.15, -0.1) is 0 Å². The van der Waals surface area contributed by atoms with Gasteiger partial charge in [0.05, 0.1) is 15.6 Å². The highest BCUT2D eigenvalue weighted by molar-refractivity contribution is 7.80. The van der Waals surface area contributed by atoms with Gasteiger partial charge >= 0.3 is 0 Å². The second kappa shape index (κ2) is 10.2. The van der Waals surface area contributed by atoms with Crippen LogP contribution in [0.4, 0.5) is 17.1 Å². The summed E-state index contributed by atoms with van der Waals surface area (Å²) >= 11 is 11.8. The Kier molecular flexibility index (Phi) is 7.14. The summed E-state index contributed by atoms with van der Waals surface area (Å²) in [7, 11) is 0. The number of hydrogen-bond donors (Lipinski definition) is 2. The van der Waals surface area contributed by atoms with Crippen molar-refractivity contribution < 1.29 is 14.1 Å². The predicted molar refractivity (Wildman–Crippen MR) is 137 cm³/mol. The van der Waals surface area contributed by atoms with Crippen molar-refractivity contribution in [1.29, 1.82) is 0 Å². The Morgan fingerprint density at radius 2 is 1.94 bits per heavy atom. The summed E-state index contributed by atoms with van der Waals surface area (Å²) in [5.74, 6) is 0.549. The largest absolute Gasteiger partial charge is 0.451 e. The number of thiocarbonyl (C=S) groups is 1. The van der Waals surface area contributed by atoms with Gasteiger partial charge in [-0.1, -0.05) is 30.7 Å². The molecule has 1 fully saturated rings. The van der Waals surface area contributed by atoms with Crippen LogP contribution in [0, 0.1) is 16.0 Å². The van der Waals surface area contributed by atoms with Crippen LogP contribution in [0.5, 0.6) is 0 Å². The summed E-state index contributed by atoms with van der Waals surface area (Å²) in [5.41, 5.74) is 2.07. The van der Waals surface area contributed by atoms with E-state index in [1.807, 2.05) is 12.1 Å². The Hall–Kier alpha value is -3.43. The van der Waals surface area contributed by atoms with E-state index in [1.54, 1.807) is 24.3 Å². The third-order valence-corrected chi connectivity index (χ3v) is 6.24. The number of anilines is 2. The minimum absolute atomic E-state index is 0.0263. The molecule has 0 radical (unpaired) electrons. The summed E-state index contributed by atoms with van der Waals surface area (Å²) in [6.07, 6.45) is 2.28. The van der Waals surface area contributed by atoms with E-state index in [9.17, 15) is 14.9 Å². The molecule has 0 aliphatic carbocycles. The van der Waals surface area contributed by atoms with Gasteiger partial charge in [-0.3, -0.25) is 20.2 Å². The van der Waals surface area contributed by atoms with E-state index in [4.69, 9.17) is 28.2 Å². The number of nitro groups is 1. The van der Waals surface area contributed by atoms with Crippen molar-refractivity contribution in [2.45, 2.75) is 19.8 Å². The van der Waals surface area contributed by atoms with E-state index in [2.05, 4.69) is 22.5 Å². The molecule has 1 aliphatic heterocycles. The number of nitro benzene ring substituents is 1. The van der Waals surface area contributed by atoms with Gasteiger partial charge in [-0.05, 0) is 61.3 Å². The van der Waals surface area contributed by atoms with Crippen molar-refractivity contribution >= 4 is 51.9 Å². The molecule has 1 aromatic heterocycles. The van der Waals surface area contributed by atoms with Gasteiger partial charge in [0, 0.05) is 36.5 Å². The van der Waals surface area contributed by atoms with Crippen LogP contribution in [0.3, 0.4) is 0 Å². The number of nitrogens with zero attached hydrogens (tertiary/aromatic N) is 2. The number of piperidine rings is 1. The summed E-state index contributed by atoms with van der Waals surface area (Å²) in [6.45, 7) is 4.21. The first-order valence-electron chi connectivity index (χ1n) is 10.8. The number of halogens is 1. The molecule has 0 spiro atoms. The predicted octanol–water partition coefficient (Wildman–Crippen LogP) is 5.87. The first-order chi connectivity index (χ1) is 16.3. The number of furan rings is 1. The van der Waals surface area contributed by atoms with Crippen LogP contribution in [-0.2, 0) is 0 Å². The lowest BCUT2D eigenvalue weighted by molar-refractivity contribution is -0.384. The first kappa shape index (κ1) is 23.7. The number of carbonyl (C=O) groups excluding carboxylic acids is 1. The molecule has 34 heavy (non-hydrogen) atoms. The van der Waals surface area contributed by atoms with Crippen LogP contribution in [0.25, 0.3) is 11.3 Å². The van der Waals surface area contributed by atoms with Crippen molar-refractivity contribution in [3.8, 4) is 11.3 Å². The van der Waals surface area contributed by atoms with Crippen LogP contribution >= 0.6 is 23.8 Å². The number of nitrogens with one attached hydrogen (secondary N) is 2. The Morgan fingerprint density at radius 1 is 1.18 bits per heavy atom. The highest BCUT2D eigenvalue weighted by Crippen LogP contribution is 2.32. The third-order valence-electron chi connectivity index (χ3n) is 5.73. The number of carbonyl (C=O) groups is 1. The summed E-state index contributed by atoms with van der Waals surface area (Å²) in [5, 5.41) is 17.2. The molecule has 1 aliphatic rings. The van der Waals surface area contributed by atoms with Crippen molar-refractivity contribution in [3.05, 3.63) is 75.5 Å². The molecule has 4 rings (SSSR count). The van der Waals surface area contributed by atoms with Crippen molar-refractivity contribution in [1.82, 2.24) is 5.32 Å². The SMILES string of the molecule is CC1CCN(c2ccc(NC(=S)NC(=O)c3ccc(-c4cccc([N+](=O)[O-])c4)o3)cc2Cl)CC1. The van der Waals surface area contributed by atoms with Gasteiger partial charge in [0.15, 0.2) is 10.9 Å². The minimum atomic E-state index is -0.542. The highest BCUT2D eigenvalue weighted by atomic mass is 35.5. The number of non-ortho nitro benzene ring substituents is 1. The molecule has 2 heterocycles. The molecule has 3 aromatic rings. The maximum atomic E-state index is 12.5. The average Bonchev–Trinajstić information content (AvgIpc) is 3.31. The molecule has 1 amide bonds. The zero-order chi connectivity index (χ0) is 24.2. The van der Waals surface area contributed by atoms with Crippen LogP contribution in [0.1, 0.15) is 30.3 Å². The van der Waals surface area contributed by atoms with E-state index in [1.165, 1.54) is 18.2 Å². The Bertz CT molecular complexity index is 1240. The van der Waals surface area contributed by atoms with E-state index in [0.717, 1.165) is 37.5 Å². The standard InChI is InChI=1S/C24H23ClN4O4S/c1-15-9-11-28(12-10-15)20-6-5-17(14-19(20)25)26-24(34)27-23(30)22-8-7-21(33-22)16-3-2-4-18(13-16)29(31)32/h2-8,13-15H,9-12H2,1H3,(H2,26,27,30,34). The smallest absolute Gasteiger partial charge is 0.293 e. The van der Waals surface area contributed by atoms with Crippen LogP contribution in [0.15, 0.2) is 59.0 Å². The molecule has 10 heteroatoms. The lowest BCUT2D eigenvalue weighted by atomic mass is 9.99. The van der Waals surface area contributed by atoms with E-state index in [-0.39, 0.29) is 16.6 Å². The molecule has 0 unspecified atom stereocenters. The normalized spacial score (nSPS) is 14.0. The van der Waals surface area contributed by atoms with Gasteiger partial charge in [0.25, 0.3) is 11.6 Å². The molecular formula is C24H23ClN4O4S. The van der Waals surface area contributed by atoms with Crippen LogP contribution < -0.4 is 15.5 Å². The minimum Gasteiger partial charge on any atom is -0.451 e. The number of hydrogen-bond acceptors (Lipinski definition) is 6. The van der Waals surface area contributed by atoms with Crippen molar-refractivity contribution in [2.24, 2.45) is 5.92 Å². The fourth-order valence-corrected chi connectivity index (χ4v) is 4.32. The molecule has 2 aromatic carbocycles. The van der Waals surface area contributed by atoms with Gasteiger partial charge < -0.3 is 14.6 Å². The fraction of sp³-hybridized carbons (Fsp3) is 0.250. The quantitative estimate of drug-likeness (QED) is 0.257. The zero-order valence-corrected chi connectivity index (χ0v) is 20.0. The van der Waals surface area contributed by atoms with Gasteiger partial charge in [0.2, 0.25) is 0 Å². The summed E-state index contributed by atoms with van der Waals surface area (Å²) in [6, 6.07) is 14.6. The third kappa shape index (κ3) is 5.55. The zero-order valence-electron chi connectivity index (χ0n) is 18.4. The summed E-state index contributed by atoms with van der Waals surface area (Å²) in [4.78, 5) is 25.3. The van der Waals surface area contributed by atoms with Gasteiger partial charge in [0.1, 0.15) is 5.76 Å². The van der Waals surface area contributed by atoms with Gasteiger partial charge in [-0.25, -0.2) is 0 Å². The van der Waals surface area contributed by atoms with Crippen molar-refractivity contribution in [3.63, 3.8) is 0 Å². The lowest BCUT2D eigenvalue weighted by Gasteiger charge is -2.32. The monoisotopic (exact) mass is 498 g/mol. The molecule has 0 bridgehead atoms. The number of benzene rings is 2. The molecule has 8 nitrogen and oxygen atoms in total. The second-order valence-electron chi connectivity index (χ2n) is 8.22. The molecule has 0 saturated carbocycles. The van der Waals surface area contributed by atoms with E-state index >= 15 is 0 Å². The van der Waals surface area contributed by atoms with E-state index in [0.29, 0.717) is 22.0 Å². The van der Waals surface area contributed by atoms with E-state index < -0.39 is 10.8 Å². The number of rotatable bonds is 5. The molecule has 1 saturated heterocycles. The Balaban J connectivity index is 1.37. The lowest BCUT2D eigenvalue weighted by Crippen LogP contribution is -2.34. The first-order valence-corrected chi connectivity index (χ1v) is 11.6. The van der Waals surface area contributed by atoms with Gasteiger partial charge in [-0.2, -0.15) is 0 Å². The molecular weight excluding hydrogens is 476 g/mol.